The van der Waals surface area contributed by atoms with Crippen molar-refractivity contribution in [2.24, 2.45) is 0 Å². The molecular weight excluding hydrogens is 165 g/mol. The maximum Gasteiger partial charge on any atom is 0.358 e. The third-order valence-electron chi connectivity index (χ3n) is 0.617. The maximum absolute atomic E-state index is 11.1. The van der Waals surface area contributed by atoms with Gasteiger partial charge in [0.25, 0.3) is 0 Å². The van der Waals surface area contributed by atoms with Crippen LogP contribution in [0.3, 0.4) is 0 Å². The highest BCUT2D eigenvalue weighted by Crippen LogP contribution is 1.90. The van der Waals surface area contributed by atoms with Crippen molar-refractivity contribution in [3.05, 3.63) is 12.4 Å². The van der Waals surface area contributed by atoms with E-state index in [9.17, 15) is 12.8 Å². The lowest BCUT2D eigenvalue weighted by Crippen LogP contribution is -2.26. The summed E-state index contributed by atoms with van der Waals surface area (Å²) in [4.78, 5) is 0. The topological polar surface area (TPSA) is 77.8 Å². The molecule has 0 aliphatic carbocycles. The fourth-order valence-corrected chi connectivity index (χ4v) is 0.499. The highest BCUT2D eigenvalue weighted by atomic mass is 32.2. The van der Waals surface area contributed by atoms with Crippen LogP contribution < -0.4 is 0 Å². The molecular formula is C3H6FNO4S. The fourth-order valence-electron chi connectivity index (χ4n) is 0.224. The number of hydroxylamine groups is 1. The van der Waals surface area contributed by atoms with Crippen LogP contribution in [0.15, 0.2) is 12.4 Å². The van der Waals surface area contributed by atoms with Crippen molar-refractivity contribution in [2.75, 3.05) is 6.54 Å². The first-order valence-corrected chi connectivity index (χ1v) is 3.57. The summed E-state index contributed by atoms with van der Waals surface area (Å²) in [6.45, 7) is -0.616. The molecule has 0 spiro atoms. The molecule has 0 heterocycles. The van der Waals surface area contributed by atoms with E-state index in [0.717, 1.165) is 0 Å². The molecule has 10 heavy (non-hydrogen) atoms. The van der Waals surface area contributed by atoms with E-state index < -0.39 is 21.3 Å². The molecule has 0 bridgehead atoms. The molecule has 0 radical (unpaired) electrons. The van der Waals surface area contributed by atoms with Crippen molar-refractivity contribution in [3.8, 4) is 0 Å². The molecule has 0 aromatic heterocycles. The Morgan fingerprint density at radius 2 is 2.10 bits per heavy atom. The van der Waals surface area contributed by atoms with Gasteiger partial charge in [-0.25, -0.2) is 4.39 Å². The third-order valence-corrected chi connectivity index (χ3v) is 1.30. The second-order valence-electron chi connectivity index (χ2n) is 1.34. The molecule has 0 atom stereocenters. The van der Waals surface area contributed by atoms with Crippen molar-refractivity contribution < 1.29 is 22.6 Å². The van der Waals surface area contributed by atoms with Gasteiger partial charge in [0, 0.05) is 0 Å². The van der Waals surface area contributed by atoms with Gasteiger partial charge in [-0.05, 0) is 6.08 Å². The first kappa shape index (κ1) is 9.50. The summed E-state index contributed by atoms with van der Waals surface area (Å²) in [5.74, 6) is 0. The third kappa shape index (κ3) is 3.51. The molecule has 0 unspecified atom stereocenters. The van der Waals surface area contributed by atoms with Gasteiger partial charge in [-0.3, -0.25) is 9.76 Å². The van der Waals surface area contributed by atoms with Crippen molar-refractivity contribution >= 4 is 10.3 Å². The van der Waals surface area contributed by atoms with Crippen LogP contribution in [0.1, 0.15) is 0 Å². The minimum absolute atomic E-state index is 0.0500. The molecule has 0 rings (SSSR count). The Labute approximate surface area is 57.2 Å². The zero-order valence-corrected chi connectivity index (χ0v) is 5.62. The van der Waals surface area contributed by atoms with Crippen molar-refractivity contribution in [2.45, 2.75) is 0 Å². The van der Waals surface area contributed by atoms with Crippen LogP contribution in [0.4, 0.5) is 4.39 Å². The highest BCUT2D eigenvalue weighted by Gasteiger charge is 2.12. The number of hydrogen-bond donors (Lipinski definition) is 2. The van der Waals surface area contributed by atoms with Gasteiger partial charge in [-0.15, -0.1) is 0 Å². The Kier molecular flexibility index (Phi) is 3.43. The molecule has 0 aliphatic heterocycles. The first-order valence-electron chi connectivity index (χ1n) is 2.17. The summed E-state index contributed by atoms with van der Waals surface area (Å²) < 4.78 is 38.6. The van der Waals surface area contributed by atoms with Gasteiger partial charge in [-0.1, -0.05) is 4.47 Å². The summed E-state index contributed by atoms with van der Waals surface area (Å²) in [7, 11) is -4.60. The summed E-state index contributed by atoms with van der Waals surface area (Å²) in [6.07, 6.45) is 0.766. The highest BCUT2D eigenvalue weighted by molar-refractivity contribution is 7.83. The zero-order valence-electron chi connectivity index (χ0n) is 4.81. The van der Waals surface area contributed by atoms with Crippen molar-refractivity contribution in [3.63, 3.8) is 0 Å². The van der Waals surface area contributed by atoms with Crippen LogP contribution in [0.5, 0.6) is 0 Å². The zero-order chi connectivity index (χ0) is 8.20. The summed E-state index contributed by atoms with van der Waals surface area (Å²) >= 11 is 0. The molecule has 0 aromatic rings. The molecule has 0 aromatic carbocycles. The maximum atomic E-state index is 11.1. The van der Waals surface area contributed by atoms with Crippen LogP contribution in [0.25, 0.3) is 0 Å². The van der Waals surface area contributed by atoms with E-state index in [2.05, 4.69) is 0 Å². The summed E-state index contributed by atoms with van der Waals surface area (Å²) in [6, 6.07) is 0. The largest absolute Gasteiger partial charge is 0.358 e. The van der Waals surface area contributed by atoms with Gasteiger partial charge in [-0.2, -0.15) is 8.42 Å². The molecule has 5 nitrogen and oxygen atoms in total. The monoisotopic (exact) mass is 171 g/mol. The predicted molar refractivity (Wildman–Crippen MR) is 30.3 cm³/mol. The number of nitrogens with zero attached hydrogens (tertiary/aromatic N) is 1. The van der Waals surface area contributed by atoms with Crippen LogP contribution in [0.2, 0.25) is 0 Å². The van der Waals surface area contributed by atoms with Gasteiger partial charge in [0.15, 0.2) is 0 Å². The Hall–Kier alpha value is -0.500. The summed E-state index contributed by atoms with van der Waals surface area (Å²) in [5, 5.41) is 8.29. The number of halogens is 1. The molecule has 2 N–H and O–H groups in total. The molecule has 0 saturated carbocycles. The van der Waals surface area contributed by atoms with Gasteiger partial charge in [0.1, 0.15) is 0 Å². The standard InChI is InChI=1S/C3H6FNO4S/c4-2-1-3-5(6)10(7,8)9/h1-2,6H,3H2,(H,7,8,9). The first-order chi connectivity index (χ1) is 4.48. The van der Waals surface area contributed by atoms with E-state index in [1.54, 1.807) is 0 Å². The lowest BCUT2D eigenvalue weighted by Gasteiger charge is -2.05. The van der Waals surface area contributed by atoms with E-state index in [4.69, 9.17) is 9.76 Å². The molecule has 60 valence electrons. The molecule has 0 aliphatic rings. The van der Waals surface area contributed by atoms with Crippen LogP contribution in [0, 0.1) is 0 Å². The van der Waals surface area contributed by atoms with Gasteiger partial charge in [0.05, 0.1) is 12.9 Å². The Bertz CT molecular complexity index is 211. The van der Waals surface area contributed by atoms with E-state index in [-0.39, 0.29) is 6.33 Å². The quantitative estimate of drug-likeness (QED) is 0.461. The Balaban J connectivity index is 3.99. The number of rotatable bonds is 3. The normalized spacial score (nSPS) is 13.2. The minimum Gasteiger partial charge on any atom is -0.297 e. The lowest BCUT2D eigenvalue weighted by molar-refractivity contribution is 0.00454. The molecule has 7 heteroatoms. The van der Waals surface area contributed by atoms with Gasteiger partial charge >= 0.3 is 10.3 Å². The molecule has 0 saturated heterocycles. The average Bonchev–Trinajstić information content (AvgIpc) is 1.80. The Morgan fingerprint density at radius 3 is 2.40 bits per heavy atom. The van der Waals surface area contributed by atoms with E-state index >= 15 is 0 Å². The van der Waals surface area contributed by atoms with Crippen molar-refractivity contribution in [1.29, 1.82) is 0 Å². The predicted octanol–water partition coefficient (Wildman–Crippen LogP) is -0.0364. The SMILES string of the molecule is O=S(=O)(O)N(O)CC=CF. The average molecular weight is 171 g/mol. The molecule has 0 amide bonds. The second kappa shape index (κ2) is 3.62. The number of hydrogen-bond acceptors (Lipinski definition) is 3. The molecule has 0 fully saturated rings. The summed E-state index contributed by atoms with van der Waals surface area (Å²) in [5.41, 5.74) is 0. The van der Waals surface area contributed by atoms with Crippen LogP contribution in [-0.2, 0) is 10.3 Å². The van der Waals surface area contributed by atoms with Gasteiger partial charge < -0.3 is 0 Å². The fraction of sp³-hybridized carbons (Fsp3) is 0.333. The minimum atomic E-state index is -4.60. The van der Waals surface area contributed by atoms with Crippen LogP contribution in [-0.4, -0.2) is 29.2 Å². The lowest BCUT2D eigenvalue weighted by atomic mass is 10.6. The van der Waals surface area contributed by atoms with Gasteiger partial charge in [0.2, 0.25) is 0 Å². The van der Waals surface area contributed by atoms with E-state index in [1.165, 1.54) is 0 Å². The second-order valence-corrected chi connectivity index (χ2v) is 2.66. The van der Waals surface area contributed by atoms with E-state index in [0.29, 0.717) is 6.08 Å². The van der Waals surface area contributed by atoms with Crippen LogP contribution >= 0.6 is 0 Å². The van der Waals surface area contributed by atoms with Crippen molar-refractivity contribution in [1.82, 2.24) is 4.47 Å². The smallest absolute Gasteiger partial charge is 0.297 e. The van der Waals surface area contributed by atoms with E-state index in [1.807, 2.05) is 0 Å². The Morgan fingerprint density at radius 1 is 1.60 bits per heavy atom.